The number of carbonyl (C=O) groups is 1. The summed E-state index contributed by atoms with van der Waals surface area (Å²) in [5.74, 6) is 1.16. The van der Waals surface area contributed by atoms with Gasteiger partial charge < -0.3 is 15.2 Å². The molecule has 110 valence electrons. The fraction of sp³-hybridized carbons (Fsp3) is 0.188. The molecule has 0 spiro atoms. The lowest BCUT2D eigenvalue weighted by atomic mass is 10.0. The standard InChI is InChI=1S/C16H16BrNO3/c1-3-21-14-6-4-10(8-12(14)17)16(19)11-5-7-15(20-2)13(18)9-11/h4-9H,3,18H2,1-2H3. The molecule has 2 aromatic carbocycles. The van der Waals surface area contributed by atoms with Gasteiger partial charge in [0, 0.05) is 11.1 Å². The molecule has 2 N–H and O–H groups in total. The lowest BCUT2D eigenvalue weighted by Crippen LogP contribution is -2.04. The highest BCUT2D eigenvalue weighted by molar-refractivity contribution is 9.10. The van der Waals surface area contributed by atoms with E-state index in [9.17, 15) is 4.79 Å². The summed E-state index contributed by atoms with van der Waals surface area (Å²) in [6.45, 7) is 2.48. The van der Waals surface area contributed by atoms with Crippen molar-refractivity contribution in [3.8, 4) is 11.5 Å². The summed E-state index contributed by atoms with van der Waals surface area (Å²) in [7, 11) is 1.54. The van der Waals surface area contributed by atoms with E-state index in [0.717, 1.165) is 4.47 Å². The fourth-order valence-corrected chi connectivity index (χ4v) is 2.45. The van der Waals surface area contributed by atoms with E-state index in [2.05, 4.69) is 15.9 Å². The summed E-state index contributed by atoms with van der Waals surface area (Å²) in [5, 5.41) is 0. The van der Waals surface area contributed by atoms with Crippen LogP contribution >= 0.6 is 15.9 Å². The third-order valence-corrected chi connectivity index (χ3v) is 3.61. The lowest BCUT2D eigenvalue weighted by molar-refractivity contribution is 0.103. The monoisotopic (exact) mass is 349 g/mol. The Bertz CT molecular complexity index is 671. The van der Waals surface area contributed by atoms with Gasteiger partial charge in [0.2, 0.25) is 0 Å². The Hall–Kier alpha value is -2.01. The van der Waals surface area contributed by atoms with Crippen LogP contribution in [0, 0.1) is 0 Å². The minimum Gasteiger partial charge on any atom is -0.495 e. The maximum Gasteiger partial charge on any atom is 0.193 e. The highest BCUT2D eigenvalue weighted by atomic mass is 79.9. The van der Waals surface area contributed by atoms with Gasteiger partial charge in [0.15, 0.2) is 5.78 Å². The third-order valence-electron chi connectivity index (χ3n) is 2.99. The molecule has 0 aliphatic heterocycles. The van der Waals surface area contributed by atoms with Crippen molar-refractivity contribution in [1.82, 2.24) is 0 Å². The van der Waals surface area contributed by atoms with Gasteiger partial charge in [0.05, 0.1) is 23.9 Å². The van der Waals surface area contributed by atoms with Crippen LogP contribution in [0.25, 0.3) is 0 Å². The molecule has 5 heteroatoms. The summed E-state index contributed by atoms with van der Waals surface area (Å²) in [4.78, 5) is 12.5. The molecule has 0 aliphatic rings. The molecule has 0 saturated carbocycles. The molecule has 0 amide bonds. The zero-order chi connectivity index (χ0) is 15.4. The first-order valence-corrected chi connectivity index (χ1v) is 7.26. The maximum atomic E-state index is 12.5. The van der Waals surface area contributed by atoms with E-state index in [1.165, 1.54) is 7.11 Å². The number of ketones is 1. The Balaban J connectivity index is 2.31. The molecule has 0 saturated heterocycles. The Kier molecular flexibility index (Phi) is 4.85. The molecule has 0 fully saturated rings. The van der Waals surface area contributed by atoms with Crippen molar-refractivity contribution in [3.63, 3.8) is 0 Å². The number of nitrogens with two attached hydrogens (primary N) is 1. The Labute approximate surface area is 132 Å². The number of nitrogen functional groups attached to an aromatic ring is 1. The lowest BCUT2D eigenvalue weighted by Gasteiger charge is -2.09. The van der Waals surface area contributed by atoms with Crippen LogP contribution in [0.3, 0.4) is 0 Å². The SMILES string of the molecule is CCOc1ccc(C(=O)c2ccc(OC)c(N)c2)cc1Br. The van der Waals surface area contributed by atoms with Crippen molar-refractivity contribution in [2.45, 2.75) is 6.92 Å². The molecule has 0 aromatic heterocycles. The van der Waals surface area contributed by atoms with Crippen LogP contribution in [0.5, 0.6) is 11.5 Å². The zero-order valence-electron chi connectivity index (χ0n) is 11.9. The van der Waals surface area contributed by atoms with Crippen molar-refractivity contribution >= 4 is 27.4 Å². The van der Waals surface area contributed by atoms with E-state index in [1.54, 1.807) is 36.4 Å². The molecule has 0 heterocycles. The Morgan fingerprint density at radius 3 is 2.29 bits per heavy atom. The van der Waals surface area contributed by atoms with Crippen LogP contribution in [0.4, 0.5) is 5.69 Å². The van der Waals surface area contributed by atoms with Crippen LogP contribution in [0.2, 0.25) is 0 Å². The molecule has 2 aromatic rings. The number of carbonyl (C=O) groups excluding carboxylic acids is 1. The first kappa shape index (κ1) is 15.4. The number of benzene rings is 2. The number of hydrogen-bond donors (Lipinski definition) is 1. The Morgan fingerprint density at radius 2 is 1.76 bits per heavy atom. The summed E-state index contributed by atoms with van der Waals surface area (Å²) in [5.41, 5.74) is 7.36. The van der Waals surface area contributed by atoms with Crippen LogP contribution in [0.15, 0.2) is 40.9 Å². The molecular weight excluding hydrogens is 334 g/mol. The number of rotatable bonds is 5. The van der Waals surface area contributed by atoms with Crippen molar-refractivity contribution in [3.05, 3.63) is 52.0 Å². The second-order valence-electron chi connectivity index (χ2n) is 4.36. The minimum absolute atomic E-state index is 0.104. The van der Waals surface area contributed by atoms with E-state index < -0.39 is 0 Å². The number of halogens is 1. The van der Waals surface area contributed by atoms with Crippen molar-refractivity contribution in [2.75, 3.05) is 19.5 Å². The highest BCUT2D eigenvalue weighted by Gasteiger charge is 2.13. The minimum atomic E-state index is -0.104. The van der Waals surface area contributed by atoms with Gasteiger partial charge in [-0.05, 0) is 59.3 Å². The molecule has 2 rings (SSSR count). The largest absolute Gasteiger partial charge is 0.495 e. The van der Waals surface area contributed by atoms with E-state index in [-0.39, 0.29) is 5.78 Å². The predicted octanol–water partition coefficient (Wildman–Crippen LogP) is 3.67. The topological polar surface area (TPSA) is 61.5 Å². The number of anilines is 1. The summed E-state index contributed by atoms with van der Waals surface area (Å²) in [6, 6.07) is 10.2. The number of ether oxygens (including phenoxy) is 2. The molecule has 0 unspecified atom stereocenters. The second-order valence-corrected chi connectivity index (χ2v) is 5.22. The van der Waals surface area contributed by atoms with Crippen molar-refractivity contribution in [1.29, 1.82) is 0 Å². The smallest absolute Gasteiger partial charge is 0.193 e. The maximum absolute atomic E-state index is 12.5. The van der Waals surface area contributed by atoms with Crippen LogP contribution in [0.1, 0.15) is 22.8 Å². The van der Waals surface area contributed by atoms with Crippen LogP contribution in [-0.4, -0.2) is 19.5 Å². The fourth-order valence-electron chi connectivity index (χ4n) is 1.96. The summed E-state index contributed by atoms with van der Waals surface area (Å²) >= 11 is 3.40. The van der Waals surface area contributed by atoms with Crippen LogP contribution in [-0.2, 0) is 0 Å². The molecule has 4 nitrogen and oxygen atoms in total. The van der Waals surface area contributed by atoms with Gasteiger partial charge in [-0.1, -0.05) is 0 Å². The van der Waals surface area contributed by atoms with Gasteiger partial charge in [-0.15, -0.1) is 0 Å². The molecule has 0 atom stereocenters. The molecule has 0 radical (unpaired) electrons. The summed E-state index contributed by atoms with van der Waals surface area (Å²) < 4.78 is 11.3. The molecular formula is C16H16BrNO3. The normalized spacial score (nSPS) is 10.2. The van der Waals surface area contributed by atoms with Crippen molar-refractivity contribution < 1.29 is 14.3 Å². The first-order chi connectivity index (χ1) is 10.1. The van der Waals surface area contributed by atoms with Gasteiger partial charge in [-0.2, -0.15) is 0 Å². The van der Waals surface area contributed by atoms with Gasteiger partial charge in [0.1, 0.15) is 11.5 Å². The van der Waals surface area contributed by atoms with Crippen LogP contribution < -0.4 is 15.2 Å². The highest BCUT2D eigenvalue weighted by Crippen LogP contribution is 2.28. The average molecular weight is 350 g/mol. The van der Waals surface area contributed by atoms with E-state index in [1.807, 2.05) is 6.92 Å². The van der Waals surface area contributed by atoms with E-state index in [4.69, 9.17) is 15.2 Å². The van der Waals surface area contributed by atoms with Gasteiger partial charge in [-0.25, -0.2) is 0 Å². The van der Waals surface area contributed by atoms with Gasteiger partial charge in [0.25, 0.3) is 0 Å². The Morgan fingerprint density at radius 1 is 1.14 bits per heavy atom. The number of methoxy groups -OCH3 is 1. The molecule has 21 heavy (non-hydrogen) atoms. The second kappa shape index (κ2) is 6.63. The van der Waals surface area contributed by atoms with Crippen molar-refractivity contribution in [2.24, 2.45) is 0 Å². The third kappa shape index (κ3) is 3.36. The average Bonchev–Trinajstić information content (AvgIpc) is 2.48. The predicted molar refractivity (Wildman–Crippen MR) is 86.1 cm³/mol. The first-order valence-electron chi connectivity index (χ1n) is 6.47. The molecule has 0 aliphatic carbocycles. The van der Waals surface area contributed by atoms with E-state index >= 15 is 0 Å². The van der Waals surface area contributed by atoms with Gasteiger partial charge >= 0.3 is 0 Å². The zero-order valence-corrected chi connectivity index (χ0v) is 13.4. The van der Waals surface area contributed by atoms with Gasteiger partial charge in [-0.3, -0.25) is 4.79 Å². The van der Waals surface area contributed by atoms with E-state index in [0.29, 0.717) is 34.9 Å². The molecule has 0 bridgehead atoms. The number of hydrogen-bond acceptors (Lipinski definition) is 4. The summed E-state index contributed by atoms with van der Waals surface area (Å²) in [6.07, 6.45) is 0. The quantitative estimate of drug-likeness (QED) is 0.660.